The summed E-state index contributed by atoms with van der Waals surface area (Å²) in [6, 6.07) is 47.9. The van der Waals surface area contributed by atoms with Crippen molar-refractivity contribution in [1.29, 1.82) is 0 Å². The molecule has 0 unspecified atom stereocenters. The second-order valence-corrected chi connectivity index (χ2v) is 10.7. The van der Waals surface area contributed by atoms with Crippen molar-refractivity contribution >= 4 is 27.3 Å². The number of rotatable bonds is 4. The highest BCUT2D eigenvalue weighted by molar-refractivity contribution is 6.21. The van der Waals surface area contributed by atoms with Gasteiger partial charge in [0.25, 0.3) is 0 Å². The smallest absolute Gasteiger partial charge is 0.234 e. The Bertz CT molecular complexity index is 2230. The van der Waals surface area contributed by atoms with E-state index in [1.165, 1.54) is 54.9 Å². The molecule has 2 aromatic heterocycles. The second kappa shape index (κ2) is 9.83. The van der Waals surface area contributed by atoms with Crippen LogP contribution in [0.25, 0.3) is 72.0 Å². The number of nitrogens with zero attached hydrogens (tertiary/aromatic N) is 3. The molecule has 0 fully saturated rings. The second-order valence-electron chi connectivity index (χ2n) is 10.7. The molecule has 42 heavy (non-hydrogen) atoms. The summed E-state index contributed by atoms with van der Waals surface area (Å²) in [5, 5.41) is 5.04. The summed E-state index contributed by atoms with van der Waals surface area (Å²) >= 11 is 0. The molecule has 3 heteroatoms. The molecule has 0 aliphatic heterocycles. The minimum absolute atomic E-state index is 0.721. The Labute approximate surface area is 244 Å². The standard InChI is InChI=1S/C39H27N3/c1-26-38(41-39-40-23-10-24-42(26)39)30-19-17-27(18-20-30)31-21-22-34-35(25-31)37(29-13-6-3-7-14-29)33-16-9-8-15-32(33)36(34)28-11-4-2-5-12-28/h2-25H,1H3. The maximum absolute atomic E-state index is 4.79. The molecule has 0 saturated heterocycles. The van der Waals surface area contributed by atoms with Crippen molar-refractivity contribution in [1.82, 2.24) is 14.4 Å². The van der Waals surface area contributed by atoms with Crippen LogP contribution in [0.2, 0.25) is 0 Å². The summed E-state index contributed by atoms with van der Waals surface area (Å²) in [5.74, 6) is 0.721. The summed E-state index contributed by atoms with van der Waals surface area (Å²) < 4.78 is 2.03. The van der Waals surface area contributed by atoms with Crippen LogP contribution < -0.4 is 0 Å². The normalized spacial score (nSPS) is 11.5. The van der Waals surface area contributed by atoms with E-state index in [9.17, 15) is 0 Å². The summed E-state index contributed by atoms with van der Waals surface area (Å²) in [6.07, 6.45) is 3.79. The molecule has 0 N–H and O–H groups in total. The Kier molecular flexibility index (Phi) is 5.68. The van der Waals surface area contributed by atoms with E-state index in [-0.39, 0.29) is 0 Å². The highest BCUT2D eigenvalue weighted by Crippen LogP contribution is 2.44. The number of aromatic nitrogens is 3. The highest BCUT2D eigenvalue weighted by atomic mass is 15.1. The molecule has 0 aliphatic carbocycles. The van der Waals surface area contributed by atoms with Crippen LogP contribution in [-0.2, 0) is 0 Å². The molecule has 0 saturated carbocycles. The summed E-state index contributed by atoms with van der Waals surface area (Å²) in [7, 11) is 0. The minimum Gasteiger partial charge on any atom is -0.288 e. The summed E-state index contributed by atoms with van der Waals surface area (Å²) in [4.78, 5) is 9.21. The Morgan fingerprint density at radius 3 is 1.67 bits per heavy atom. The van der Waals surface area contributed by atoms with Gasteiger partial charge in [0.15, 0.2) is 0 Å². The quantitative estimate of drug-likeness (QED) is 0.209. The van der Waals surface area contributed by atoms with Gasteiger partial charge in [0, 0.05) is 23.7 Å². The zero-order valence-electron chi connectivity index (χ0n) is 23.2. The van der Waals surface area contributed by atoms with Gasteiger partial charge in [-0.05, 0) is 74.0 Å². The average Bonchev–Trinajstić information content (AvgIpc) is 3.40. The zero-order valence-corrected chi connectivity index (χ0v) is 23.2. The molecule has 0 bridgehead atoms. The Morgan fingerprint density at radius 2 is 1.02 bits per heavy atom. The van der Waals surface area contributed by atoms with E-state index < -0.39 is 0 Å². The zero-order chi connectivity index (χ0) is 28.0. The van der Waals surface area contributed by atoms with E-state index in [0.29, 0.717) is 0 Å². The number of imidazole rings is 1. The molecular formula is C39H27N3. The van der Waals surface area contributed by atoms with E-state index in [1.807, 2.05) is 16.7 Å². The lowest BCUT2D eigenvalue weighted by atomic mass is 9.85. The minimum atomic E-state index is 0.721. The molecule has 0 aliphatic rings. The number of fused-ring (bicyclic) bond motifs is 3. The average molecular weight is 538 g/mol. The molecule has 8 aromatic rings. The van der Waals surface area contributed by atoms with Gasteiger partial charge >= 0.3 is 0 Å². The van der Waals surface area contributed by atoms with Crippen molar-refractivity contribution in [2.24, 2.45) is 0 Å². The first kappa shape index (κ1) is 24.3. The third-order valence-electron chi connectivity index (χ3n) is 8.28. The maximum Gasteiger partial charge on any atom is 0.234 e. The third kappa shape index (κ3) is 3.90. The van der Waals surface area contributed by atoms with Gasteiger partial charge in [0.1, 0.15) is 0 Å². The van der Waals surface area contributed by atoms with Crippen LogP contribution in [-0.4, -0.2) is 14.4 Å². The van der Waals surface area contributed by atoms with E-state index >= 15 is 0 Å². The van der Waals surface area contributed by atoms with E-state index in [1.54, 1.807) is 6.20 Å². The van der Waals surface area contributed by atoms with Crippen molar-refractivity contribution in [3.63, 3.8) is 0 Å². The molecule has 2 heterocycles. The Balaban J connectivity index is 1.34. The number of hydrogen-bond acceptors (Lipinski definition) is 2. The lowest BCUT2D eigenvalue weighted by Crippen LogP contribution is -1.91. The van der Waals surface area contributed by atoms with Crippen LogP contribution >= 0.6 is 0 Å². The fraction of sp³-hybridized carbons (Fsp3) is 0.0256. The van der Waals surface area contributed by atoms with Gasteiger partial charge in [-0.25, -0.2) is 9.97 Å². The van der Waals surface area contributed by atoms with Gasteiger partial charge in [0.2, 0.25) is 5.78 Å². The van der Waals surface area contributed by atoms with E-state index in [4.69, 9.17) is 4.98 Å². The Morgan fingerprint density at radius 1 is 0.476 bits per heavy atom. The molecular weight excluding hydrogens is 510 g/mol. The van der Waals surface area contributed by atoms with Gasteiger partial charge in [-0.15, -0.1) is 0 Å². The lowest BCUT2D eigenvalue weighted by Gasteiger charge is -2.18. The fourth-order valence-electron chi connectivity index (χ4n) is 6.29. The topological polar surface area (TPSA) is 30.2 Å². The molecule has 6 aromatic carbocycles. The van der Waals surface area contributed by atoms with Gasteiger partial charge in [-0.1, -0.05) is 121 Å². The first-order valence-corrected chi connectivity index (χ1v) is 14.3. The first-order chi connectivity index (χ1) is 20.8. The number of hydrogen-bond donors (Lipinski definition) is 0. The lowest BCUT2D eigenvalue weighted by molar-refractivity contribution is 1.06. The van der Waals surface area contributed by atoms with Crippen LogP contribution in [0.3, 0.4) is 0 Å². The van der Waals surface area contributed by atoms with Crippen molar-refractivity contribution in [3.8, 4) is 44.6 Å². The summed E-state index contributed by atoms with van der Waals surface area (Å²) in [6.45, 7) is 2.09. The van der Waals surface area contributed by atoms with Gasteiger partial charge in [-0.3, -0.25) is 4.40 Å². The molecule has 0 radical (unpaired) electrons. The number of aryl methyl sites for hydroxylation is 1. The van der Waals surface area contributed by atoms with E-state index in [2.05, 4.69) is 139 Å². The summed E-state index contributed by atoms with van der Waals surface area (Å²) in [5.41, 5.74) is 10.5. The molecule has 0 spiro atoms. The molecule has 0 atom stereocenters. The first-order valence-electron chi connectivity index (χ1n) is 14.3. The highest BCUT2D eigenvalue weighted by Gasteiger charge is 2.17. The van der Waals surface area contributed by atoms with Gasteiger partial charge < -0.3 is 0 Å². The van der Waals surface area contributed by atoms with Crippen LogP contribution in [0, 0.1) is 6.92 Å². The predicted molar refractivity (Wildman–Crippen MR) is 174 cm³/mol. The van der Waals surface area contributed by atoms with Crippen LogP contribution in [0.15, 0.2) is 146 Å². The van der Waals surface area contributed by atoms with Crippen molar-refractivity contribution in [3.05, 3.63) is 152 Å². The molecule has 198 valence electrons. The van der Waals surface area contributed by atoms with Gasteiger partial charge in [0.05, 0.1) is 5.69 Å². The number of benzene rings is 6. The largest absolute Gasteiger partial charge is 0.288 e. The third-order valence-corrected chi connectivity index (χ3v) is 8.28. The molecule has 3 nitrogen and oxygen atoms in total. The van der Waals surface area contributed by atoms with Gasteiger partial charge in [-0.2, -0.15) is 0 Å². The van der Waals surface area contributed by atoms with Crippen molar-refractivity contribution < 1.29 is 0 Å². The van der Waals surface area contributed by atoms with Crippen LogP contribution in [0.1, 0.15) is 5.69 Å². The van der Waals surface area contributed by atoms with Crippen LogP contribution in [0.5, 0.6) is 0 Å². The SMILES string of the molecule is Cc1c(-c2ccc(-c3ccc4c(-c5ccccc5)c5ccccc5c(-c5ccccc5)c4c3)cc2)nc2ncccn12. The molecule has 0 amide bonds. The molecule has 8 rings (SSSR count). The Hall–Kier alpha value is -5.54. The van der Waals surface area contributed by atoms with Crippen LogP contribution in [0.4, 0.5) is 0 Å². The van der Waals surface area contributed by atoms with Crippen molar-refractivity contribution in [2.45, 2.75) is 6.92 Å². The van der Waals surface area contributed by atoms with Crippen molar-refractivity contribution in [2.75, 3.05) is 0 Å². The fourth-order valence-corrected chi connectivity index (χ4v) is 6.29. The maximum atomic E-state index is 4.79. The van der Waals surface area contributed by atoms with E-state index in [0.717, 1.165) is 22.7 Å². The monoisotopic (exact) mass is 537 g/mol. The predicted octanol–water partition coefficient (Wildman–Crippen LogP) is 10.0.